The maximum Gasteiger partial charge on any atom is 0.00417 e. The Morgan fingerprint density at radius 2 is 1.83 bits per heavy atom. The highest BCUT2D eigenvalue weighted by molar-refractivity contribution is 7.99. The average molecular weight is 189 g/mol. The molecule has 0 saturated heterocycles. The van der Waals surface area contributed by atoms with Crippen LogP contribution in [0.25, 0.3) is 0 Å². The fourth-order valence-electron chi connectivity index (χ4n) is 0.866. The van der Waals surface area contributed by atoms with Gasteiger partial charge in [-0.3, -0.25) is 0 Å². The molecule has 74 valence electrons. The van der Waals surface area contributed by atoms with E-state index in [9.17, 15) is 0 Å². The normalized spacial score (nSPS) is 13.8. The lowest BCUT2D eigenvalue weighted by atomic mass is 10.2. The average Bonchev–Trinajstić information content (AvgIpc) is 2.03. The maximum atomic E-state index is 3.17. The Balaban J connectivity index is 3.08. The molecule has 1 unspecified atom stereocenters. The van der Waals surface area contributed by atoms with E-state index >= 15 is 0 Å². The van der Waals surface area contributed by atoms with Crippen molar-refractivity contribution in [2.45, 2.75) is 38.9 Å². The van der Waals surface area contributed by atoms with Gasteiger partial charge in [-0.15, -0.1) is 0 Å². The van der Waals surface area contributed by atoms with Gasteiger partial charge in [0.15, 0.2) is 0 Å². The third-order valence-electron chi connectivity index (χ3n) is 2.14. The minimum absolute atomic E-state index is 0.819. The van der Waals surface area contributed by atoms with Crippen LogP contribution in [0.2, 0.25) is 0 Å². The van der Waals surface area contributed by atoms with Crippen molar-refractivity contribution in [2.24, 2.45) is 5.92 Å². The summed E-state index contributed by atoms with van der Waals surface area (Å²) in [6.07, 6.45) is 2.66. The third-order valence-corrected chi connectivity index (χ3v) is 3.74. The molecule has 0 fully saturated rings. The Hall–Kier alpha value is 0.310. The molecule has 0 amide bonds. The van der Waals surface area contributed by atoms with E-state index in [1.807, 2.05) is 7.05 Å². The molecule has 0 radical (unpaired) electrons. The van der Waals surface area contributed by atoms with Gasteiger partial charge in [0.1, 0.15) is 0 Å². The molecular weight excluding hydrogens is 166 g/mol. The van der Waals surface area contributed by atoms with E-state index in [4.69, 9.17) is 0 Å². The molecule has 0 aromatic heterocycles. The number of unbranched alkanes of at least 4 members (excludes halogenated alkanes) is 1. The van der Waals surface area contributed by atoms with Crippen LogP contribution >= 0.6 is 11.8 Å². The molecule has 1 N–H and O–H groups in total. The summed E-state index contributed by atoms with van der Waals surface area (Å²) < 4.78 is 0. The Morgan fingerprint density at radius 3 is 2.33 bits per heavy atom. The molecule has 1 atom stereocenters. The van der Waals surface area contributed by atoms with E-state index < -0.39 is 0 Å². The van der Waals surface area contributed by atoms with Crippen LogP contribution in [-0.2, 0) is 0 Å². The van der Waals surface area contributed by atoms with E-state index in [1.54, 1.807) is 0 Å². The molecule has 0 aliphatic carbocycles. The first-order valence-electron chi connectivity index (χ1n) is 4.94. The Bertz CT molecular complexity index is 93.8. The fraction of sp³-hybridized carbons (Fsp3) is 1.00. The maximum absolute atomic E-state index is 3.17. The van der Waals surface area contributed by atoms with Gasteiger partial charge in [0.2, 0.25) is 0 Å². The zero-order valence-electron chi connectivity index (χ0n) is 8.89. The van der Waals surface area contributed by atoms with Crippen molar-refractivity contribution in [3.05, 3.63) is 0 Å². The van der Waals surface area contributed by atoms with E-state index in [2.05, 4.69) is 37.8 Å². The summed E-state index contributed by atoms with van der Waals surface area (Å²) in [5.74, 6) is 2.14. The zero-order chi connectivity index (χ0) is 9.40. The number of thioether (sulfide) groups is 1. The predicted octanol–water partition coefficient (Wildman–Crippen LogP) is 2.76. The van der Waals surface area contributed by atoms with Crippen LogP contribution in [0.1, 0.15) is 33.6 Å². The molecule has 0 aromatic rings. The lowest BCUT2D eigenvalue weighted by Gasteiger charge is -2.14. The second-order valence-corrected chi connectivity index (χ2v) is 5.12. The van der Waals surface area contributed by atoms with Crippen molar-refractivity contribution in [3.63, 3.8) is 0 Å². The van der Waals surface area contributed by atoms with Crippen LogP contribution < -0.4 is 5.32 Å². The first-order valence-corrected chi connectivity index (χ1v) is 5.99. The van der Waals surface area contributed by atoms with Crippen molar-refractivity contribution in [1.29, 1.82) is 0 Å². The van der Waals surface area contributed by atoms with Crippen LogP contribution in [0, 0.1) is 5.92 Å². The number of hydrogen-bond acceptors (Lipinski definition) is 2. The first-order chi connectivity index (χ1) is 5.68. The van der Waals surface area contributed by atoms with Crippen molar-refractivity contribution in [3.8, 4) is 0 Å². The lowest BCUT2D eigenvalue weighted by molar-refractivity contribution is 0.640. The molecule has 0 rings (SSSR count). The standard InChI is InChI=1S/C10H23NS/c1-9(2)10(3)12-8-6-5-7-11-4/h9-11H,5-8H2,1-4H3. The van der Waals surface area contributed by atoms with Crippen molar-refractivity contribution in [2.75, 3.05) is 19.3 Å². The Kier molecular flexibility index (Phi) is 8.14. The van der Waals surface area contributed by atoms with Gasteiger partial charge >= 0.3 is 0 Å². The minimum Gasteiger partial charge on any atom is -0.320 e. The highest BCUT2D eigenvalue weighted by atomic mass is 32.2. The molecule has 0 saturated carbocycles. The summed E-state index contributed by atoms with van der Waals surface area (Å²) in [6, 6.07) is 0. The van der Waals surface area contributed by atoms with Gasteiger partial charge in [-0.1, -0.05) is 20.8 Å². The van der Waals surface area contributed by atoms with Crippen molar-refractivity contribution < 1.29 is 0 Å². The van der Waals surface area contributed by atoms with E-state index in [1.165, 1.54) is 18.6 Å². The molecular formula is C10H23NS. The molecule has 0 aromatic carbocycles. The van der Waals surface area contributed by atoms with Crippen molar-refractivity contribution in [1.82, 2.24) is 5.32 Å². The van der Waals surface area contributed by atoms with E-state index in [0.717, 1.165) is 17.7 Å². The van der Waals surface area contributed by atoms with Crippen LogP contribution in [-0.4, -0.2) is 24.6 Å². The summed E-state index contributed by atoms with van der Waals surface area (Å²) in [5, 5.41) is 3.99. The highest BCUT2D eigenvalue weighted by Crippen LogP contribution is 2.19. The van der Waals surface area contributed by atoms with Gasteiger partial charge in [0.25, 0.3) is 0 Å². The Morgan fingerprint density at radius 1 is 1.17 bits per heavy atom. The van der Waals surface area contributed by atoms with Crippen LogP contribution in [0.15, 0.2) is 0 Å². The summed E-state index contributed by atoms with van der Waals surface area (Å²) in [4.78, 5) is 0. The van der Waals surface area contributed by atoms with E-state index in [-0.39, 0.29) is 0 Å². The summed E-state index contributed by atoms with van der Waals surface area (Å²) >= 11 is 2.11. The van der Waals surface area contributed by atoms with Crippen LogP contribution in [0.3, 0.4) is 0 Å². The molecule has 0 aliphatic heterocycles. The van der Waals surface area contributed by atoms with Crippen LogP contribution in [0.5, 0.6) is 0 Å². The fourth-order valence-corrected chi connectivity index (χ4v) is 1.99. The van der Waals surface area contributed by atoms with Crippen molar-refractivity contribution >= 4 is 11.8 Å². The highest BCUT2D eigenvalue weighted by Gasteiger charge is 2.05. The second kappa shape index (κ2) is 7.93. The molecule has 0 spiro atoms. The molecule has 0 aliphatic rings. The topological polar surface area (TPSA) is 12.0 Å². The predicted molar refractivity (Wildman–Crippen MR) is 59.9 cm³/mol. The lowest BCUT2D eigenvalue weighted by Crippen LogP contribution is -2.09. The van der Waals surface area contributed by atoms with Crippen LogP contribution in [0.4, 0.5) is 0 Å². The van der Waals surface area contributed by atoms with Gasteiger partial charge < -0.3 is 5.32 Å². The monoisotopic (exact) mass is 189 g/mol. The largest absolute Gasteiger partial charge is 0.320 e. The number of nitrogens with one attached hydrogen (secondary N) is 1. The molecule has 1 nitrogen and oxygen atoms in total. The SMILES string of the molecule is CNCCCCSC(C)C(C)C. The number of rotatable bonds is 7. The molecule has 0 bridgehead atoms. The summed E-state index contributed by atoms with van der Waals surface area (Å²) in [6.45, 7) is 8.08. The minimum atomic E-state index is 0.819. The first kappa shape index (κ1) is 12.3. The second-order valence-electron chi connectivity index (χ2n) is 3.63. The molecule has 2 heteroatoms. The van der Waals surface area contributed by atoms with E-state index in [0.29, 0.717) is 0 Å². The van der Waals surface area contributed by atoms with Gasteiger partial charge in [0, 0.05) is 5.25 Å². The van der Waals surface area contributed by atoms with Gasteiger partial charge in [-0.2, -0.15) is 11.8 Å². The molecule has 12 heavy (non-hydrogen) atoms. The smallest absolute Gasteiger partial charge is 0.00417 e. The summed E-state index contributed by atoms with van der Waals surface area (Å²) in [5.41, 5.74) is 0. The third kappa shape index (κ3) is 6.99. The quantitative estimate of drug-likeness (QED) is 0.618. The molecule has 0 heterocycles. The van der Waals surface area contributed by atoms with Gasteiger partial charge in [-0.25, -0.2) is 0 Å². The van der Waals surface area contributed by atoms with Gasteiger partial charge in [0.05, 0.1) is 0 Å². The zero-order valence-corrected chi connectivity index (χ0v) is 9.71. The Labute approximate surface area is 81.7 Å². The van der Waals surface area contributed by atoms with Gasteiger partial charge in [-0.05, 0) is 38.1 Å². The summed E-state index contributed by atoms with van der Waals surface area (Å²) in [7, 11) is 2.02. The number of hydrogen-bond donors (Lipinski definition) is 1.